The molecule has 3 rings (SSSR count). The van der Waals surface area contributed by atoms with Crippen LogP contribution in [0.1, 0.15) is 39.4 Å². The quantitative estimate of drug-likeness (QED) is 0.0921. The second-order valence-corrected chi connectivity index (χ2v) is 11.9. The van der Waals surface area contributed by atoms with Gasteiger partial charge in [-0.1, -0.05) is 18.2 Å². The van der Waals surface area contributed by atoms with Crippen molar-refractivity contribution in [1.82, 2.24) is 29.7 Å². The van der Waals surface area contributed by atoms with E-state index >= 15 is 0 Å². The van der Waals surface area contributed by atoms with Crippen molar-refractivity contribution in [2.24, 2.45) is 0 Å². The third kappa shape index (κ3) is 12.6. The van der Waals surface area contributed by atoms with Gasteiger partial charge < -0.3 is 49.5 Å². The summed E-state index contributed by atoms with van der Waals surface area (Å²) in [7, 11) is 1.62. The van der Waals surface area contributed by atoms with Gasteiger partial charge in [0, 0.05) is 38.5 Å². The lowest BCUT2D eigenvalue weighted by atomic mass is 10.1. The van der Waals surface area contributed by atoms with Gasteiger partial charge in [-0.2, -0.15) is 0 Å². The normalized spacial score (nSPS) is 11.7. The van der Waals surface area contributed by atoms with Crippen LogP contribution in [0.3, 0.4) is 0 Å². The van der Waals surface area contributed by atoms with E-state index in [9.17, 15) is 19.5 Å². The van der Waals surface area contributed by atoms with Crippen molar-refractivity contribution in [3.05, 3.63) is 30.1 Å². The molecule has 3 amide bonds. The minimum absolute atomic E-state index is 0.0725. The molecule has 0 radical (unpaired) electrons. The van der Waals surface area contributed by atoms with Crippen molar-refractivity contribution in [3.63, 3.8) is 0 Å². The smallest absolute Gasteiger partial charge is 0.225 e. The van der Waals surface area contributed by atoms with Crippen molar-refractivity contribution >= 4 is 46.0 Å². The predicted molar refractivity (Wildman–Crippen MR) is 181 cm³/mol. The molecule has 266 valence electrons. The highest BCUT2D eigenvalue weighted by atomic mass is 16.6. The maximum absolute atomic E-state index is 13.1. The highest BCUT2D eigenvalue weighted by Gasteiger charge is 2.24. The van der Waals surface area contributed by atoms with Gasteiger partial charge in [-0.3, -0.25) is 14.4 Å². The molecule has 0 spiro atoms. The van der Waals surface area contributed by atoms with E-state index in [-0.39, 0.29) is 44.4 Å². The molecule has 4 N–H and O–H groups in total. The molecule has 0 aliphatic carbocycles. The number of nitrogens with two attached hydrogens (primary N) is 1. The zero-order chi connectivity index (χ0) is 34.9. The number of hydrogen-bond donors (Lipinski definition) is 3. The molecule has 1 aromatic carbocycles. The lowest BCUT2D eigenvalue weighted by Gasteiger charge is -2.24. The molecule has 48 heavy (non-hydrogen) atoms. The summed E-state index contributed by atoms with van der Waals surface area (Å²) in [5, 5.41) is 14.3. The number of nitrogen functional groups attached to an aromatic ring is 1. The van der Waals surface area contributed by atoms with Crippen LogP contribution in [0.25, 0.3) is 21.9 Å². The van der Waals surface area contributed by atoms with E-state index < -0.39 is 5.60 Å². The first-order valence-electron chi connectivity index (χ1n) is 16.3. The zero-order valence-corrected chi connectivity index (χ0v) is 28.6. The molecule has 0 saturated carbocycles. The van der Waals surface area contributed by atoms with Gasteiger partial charge in [0.2, 0.25) is 18.2 Å². The summed E-state index contributed by atoms with van der Waals surface area (Å²) in [4.78, 5) is 47.7. The van der Waals surface area contributed by atoms with E-state index in [1.807, 2.05) is 35.8 Å². The standard InChI is InChI=1S/C33H51N7O8/c1-5-39(22-27-37-30-31(40(27)23-33(2,3)44)25-8-6-7-9-26(25)36-32(30)34)29(43)11-14-45-16-18-47-20-21-48-19-17-46-15-12-35-28(42)10-13-38(4)24-41/h6-9,24,44H,5,10-23H2,1-4H3,(H2,34,36)(H,35,42). The summed E-state index contributed by atoms with van der Waals surface area (Å²) >= 11 is 0. The van der Waals surface area contributed by atoms with Gasteiger partial charge in [-0.25, -0.2) is 9.97 Å². The number of para-hydroxylation sites is 1. The number of aliphatic hydroxyl groups is 1. The van der Waals surface area contributed by atoms with Crippen LogP contribution >= 0.6 is 0 Å². The molecule has 15 heteroatoms. The monoisotopic (exact) mass is 673 g/mol. The van der Waals surface area contributed by atoms with E-state index in [2.05, 4.69) is 10.3 Å². The van der Waals surface area contributed by atoms with Gasteiger partial charge in [0.15, 0.2) is 5.82 Å². The molecule has 2 heterocycles. The third-order valence-electron chi connectivity index (χ3n) is 7.32. The molecule has 0 saturated heterocycles. The fourth-order valence-electron chi connectivity index (χ4n) is 4.89. The van der Waals surface area contributed by atoms with Crippen molar-refractivity contribution < 1.29 is 38.4 Å². The Labute approximate surface area is 281 Å². The van der Waals surface area contributed by atoms with Crippen molar-refractivity contribution in [1.29, 1.82) is 0 Å². The van der Waals surface area contributed by atoms with Gasteiger partial charge in [-0.15, -0.1) is 0 Å². The van der Waals surface area contributed by atoms with E-state index in [1.165, 1.54) is 4.90 Å². The predicted octanol–water partition coefficient (Wildman–Crippen LogP) is 1.34. The highest BCUT2D eigenvalue weighted by molar-refractivity contribution is 6.06. The van der Waals surface area contributed by atoms with E-state index in [0.717, 1.165) is 16.4 Å². The average Bonchev–Trinajstić information content (AvgIpc) is 3.41. The number of imidazole rings is 1. The Bertz CT molecular complexity index is 1460. The maximum Gasteiger partial charge on any atom is 0.225 e. The van der Waals surface area contributed by atoms with Crippen LogP contribution in [-0.2, 0) is 46.4 Å². The van der Waals surface area contributed by atoms with Crippen LogP contribution in [0.4, 0.5) is 5.82 Å². The summed E-state index contributed by atoms with van der Waals surface area (Å²) in [5.74, 6) is 0.722. The maximum atomic E-state index is 13.1. The Morgan fingerprint density at radius 1 is 0.979 bits per heavy atom. The molecule has 15 nitrogen and oxygen atoms in total. The first-order chi connectivity index (χ1) is 23.0. The van der Waals surface area contributed by atoms with E-state index in [0.29, 0.717) is 89.5 Å². The number of carbonyl (C=O) groups is 3. The molecule has 0 fully saturated rings. The summed E-state index contributed by atoms with van der Waals surface area (Å²) < 4.78 is 24.0. The summed E-state index contributed by atoms with van der Waals surface area (Å²) in [5.41, 5.74) is 7.34. The number of rotatable bonds is 24. The van der Waals surface area contributed by atoms with Gasteiger partial charge in [-0.05, 0) is 26.8 Å². The first kappa shape index (κ1) is 38.6. The number of pyridine rings is 1. The number of benzene rings is 1. The van der Waals surface area contributed by atoms with Crippen LogP contribution in [0.2, 0.25) is 0 Å². The molecule has 0 aliphatic rings. The van der Waals surface area contributed by atoms with Crippen LogP contribution in [0.15, 0.2) is 24.3 Å². The fraction of sp³-hybridized carbons (Fsp3) is 0.606. The van der Waals surface area contributed by atoms with Crippen LogP contribution < -0.4 is 11.1 Å². The number of aromatic nitrogens is 3. The van der Waals surface area contributed by atoms with Gasteiger partial charge >= 0.3 is 0 Å². The molecular formula is C33H51N7O8. The highest BCUT2D eigenvalue weighted by Crippen LogP contribution is 2.30. The minimum atomic E-state index is -1.03. The number of anilines is 1. The van der Waals surface area contributed by atoms with Gasteiger partial charge in [0.25, 0.3) is 0 Å². The Morgan fingerprint density at radius 2 is 1.60 bits per heavy atom. The fourth-order valence-corrected chi connectivity index (χ4v) is 4.89. The SMILES string of the molecule is CCN(Cc1nc2c(N)nc3ccccc3c2n1CC(C)(C)O)C(=O)CCOCCOCCOCCOCCNC(=O)CCN(C)C=O. The molecule has 0 bridgehead atoms. The minimum Gasteiger partial charge on any atom is -0.389 e. The van der Waals surface area contributed by atoms with E-state index in [1.54, 1.807) is 25.8 Å². The molecular weight excluding hydrogens is 622 g/mol. The zero-order valence-electron chi connectivity index (χ0n) is 28.6. The summed E-state index contributed by atoms with van der Waals surface area (Å²) in [6.45, 7) is 10.1. The van der Waals surface area contributed by atoms with Gasteiger partial charge in [0.1, 0.15) is 11.3 Å². The molecule has 0 aliphatic heterocycles. The number of fused-ring (bicyclic) bond motifs is 3. The number of nitrogens with one attached hydrogen (secondary N) is 1. The Morgan fingerprint density at radius 3 is 2.23 bits per heavy atom. The number of ether oxygens (including phenoxy) is 4. The Hall–Kier alpha value is -3.89. The van der Waals surface area contributed by atoms with Crippen LogP contribution in [0, 0.1) is 0 Å². The summed E-state index contributed by atoms with van der Waals surface area (Å²) in [6, 6.07) is 7.67. The second kappa shape index (κ2) is 19.8. The largest absolute Gasteiger partial charge is 0.389 e. The number of nitrogens with zero attached hydrogens (tertiary/aromatic N) is 5. The molecule has 0 atom stereocenters. The van der Waals surface area contributed by atoms with Gasteiger partial charge in [0.05, 0.1) is 89.0 Å². The van der Waals surface area contributed by atoms with Crippen LogP contribution in [0.5, 0.6) is 0 Å². The van der Waals surface area contributed by atoms with E-state index in [4.69, 9.17) is 29.7 Å². The van der Waals surface area contributed by atoms with Crippen molar-refractivity contribution in [3.8, 4) is 0 Å². The molecule has 3 aromatic rings. The average molecular weight is 674 g/mol. The number of carbonyl (C=O) groups excluding carboxylic acids is 3. The first-order valence-corrected chi connectivity index (χ1v) is 16.3. The Kier molecular flexibility index (Phi) is 15.9. The summed E-state index contributed by atoms with van der Waals surface area (Å²) in [6.07, 6.45) is 1.14. The van der Waals surface area contributed by atoms with Crippen molar-refractivity contribution in [2.75, 3.05) is 85.3 Å². The molecule has 2 aromatic heterocycles. The number of amides is 3. The lowest BCUT2D eigenvalue weighted by molar-refractivity contribution is -0.133. The molecule has 0 unspecified atom stereocenters. The third-order valence-corrected chi connectivity index (χ3v) is 7.32. The number of hydrogen-bond acceptors (Lipinski definition) is 11. The van der Waals surface area contributed by atoms with Crippen LogP contribution in [-0.4, -0.2) is 133 Å². The topological polar surface area (TPSA) is 184 Å². The lowest BCUT2D eigenvalue weighted by Crippen LogP contribution is -2.34. The second-order valence-electron chi connectivity index (χ2n) is 11.9. The van der Waals surface area contributed by atoms with Crippen molar-refractivity contribution in [2.45, 2.75) is 52.3 Å². The Balaban J connectivity index is 1.31.